The molecule has 0 radical (unpaired) electrons. The average molecular weight is 369 g/mol. The monoisotopic (exact) mass is 369 g/mol. The van der Waals surface area contributed by atoms with Crippen LogP contribution in [0.25, 0.3) is 0 Å². The van der Waals surface area contributed by atoms with E-state index in [2.05, 4.69) is 13.0 Å². The van der Waals surface area contributed by atoms with E-state index in [1.54, 1.807) is 0 Å². The topological polar surface area (TPSA) is 76.4 Å². The van der Waals surface area contributed by atoms with Gasteiger partial charge in [0.05, 0.1) is 19.6 Å². The number of allylic oxidation sites excluding steroid dienone is 4. The van der Waals surface area contributed by atoms with E-state index in [1.165, 1.54) is 23.8 Å². The number of carbonyl (C=O) groups excluding carboxylic acids is 2. The minimum atomic E-state index is -0.756. The molecule has 0 aromatic carbocycles. The first-order valence-electron chi connectivity index (χ1n) is 10.0. The van der Waals surface area contributed by atoms with Gasteiger partial charge in [0, 0.05) is 11.8 Å². The second-order valence-electron chi connectivity index (χ2n) is 8.73. The molecule has 0 saturated heterocycles. The summed E-state index contributed by atoms with van der Waals surface area (Å²) >= 11 is 0. The first-order chi connectivity index (χ1) is 12.9. The molecule has 0 heterocycles. The number of carbonyl (C=O) groups is 2. The molecule has 4 atom stereocenters. The summed E-state index contributed by atoms with van der Waals surface area (Å²) in [4.78, 5) is 23.8. The van der Waals surface area contributed by atoms with Crippen molar-refractivity contribution >= 4 is 11.9 Å². The normalized spacial score (nSPS) is 37.5. The fourth-order valence-corrected chi connectivity index (χ4v) is 6.45. The molecule has 4 aliphatic carbocycles. The number of nitriles is 1. The smallest absolute Gasteiger partial charge is 0.438 e. The van der Waals surface area contributed by atoms with E-state index >= 15 is 0 Å². The molecule has 0 bridgehead atoms. The minimum Gasteiger partial charge on any atom is -0.438 e. The molecule has 2 fully saturated rings. The number of fused-ring (bicyclic) bond motifs is 4. The van der Waals surface area contributed by atoms with Crippen molar-refractivity contribution in [3.63, 3.8) is 0 Å². The van der Waals surface area contributed by atoms with E-state index in [0.717, 1.165) is 44.9 Å². The Bertz CT molecular complexity index is 789. The number of rotatable bonds is 2. The molecule has 5 nitrogen and oxygen atoms in total. The van der Waals surface area contributed by atoms with Crippen LogP contribution in [0.1, 0.15) is 64.7 Å². The second kappa shape index (κ2) is 6.51. The van der Waals surface area contributed by atoms with Crippen molar-refractivity contribution in [3.8, 4) is 6.07 Å². The summed E-state index contributed by atoms with van der Waals surface area (Å²) in [6, 6.07) is 2.27. The highest BCUT2D eigenvalue weighted by molar-refractivity contribution is 5.93. The van der Waals surface area contributed by atoms with Crippen molar-refractivity contribution in [3.05, 3.63) is 22.8 Å². The summed E-state index contributed by atoms with van der Waals surface area (Å²) in [5.74, 6) is 1.14. The standard InChI is InChI=1S/C22H27NO4/c1-21-9-7-17-16-6-4-15(24)13-14(16)3-5-18(17)19(21)8-10-22(21,11-12-23)27-20(25)26-2/h13,18-19H,3-11H2,1-2H3/t18?,19?,21-,22+/m0/s1. The van der Waals surface area contributed by atoms with Crippen LogP contribution in [0, 0.1) is 28.6 Å². The van der Waals surface area contributed by atoms with Gasteiger partial charge in [-0.15, -0.1) is 0 Å². The Kier molecular flexibility index (Phi) is 4.41. The van der Waals surface area contributed by atoms with Crippen LogP contribution in [-0.4, -0.2) is 24.6 Å². The van der Waals surface area contributed by atoms with Gasteiger partial charge in [-0.1, -0.05) is 12.5 Å². The molecular formula is C22H27NO4. The summed E-state index contributed by atoms with van der Waals surface area (Å²) in [6.45, 7) is 2.21. The highest BCUT2D eigenvalue weighted by Crippen LogP contribution is 2.65. The number of ketones is 1. The van der Waals surface area contributed by atoms with Crippen molar-refractivity contribution < 1.29 is 19.1 Å². The lowest BCUT2D eigenvalue weighted by Crippen LogP contribution is -2.52. The van der Waals surface area contributed by atoms with Crippen molar-refractivity contribution in [1.82, 2.24) is 0 Å². The number of ether oxygens (including phenoxy) is 2. The van der Waals surface area contributed by atoms with Gasteiger partial charge in [0.25, 0.3) is 0 Å². The lowest BCUT2D eigenvalue weighted by Gasteiger charge is -2.52. The molecule has 5 heteroatoms. The molecule has 2 saturated carbocycles. The Balaban J connectivity index is 1.70. The van der Waals surface area contributed by atoms with Crippen LogP contribution < -0.4 is 0 Å². The van der Waals surface area contributed by atoms with Gasteiger partial charge in [0.15, 0.2) is 5.78 Å². The van der Waals surface area contributed by atoms with E-state index in [-0.39, 0.29) is 17.6 Å². The Morgan fingerprint density at radius 1 is 1.26 bits per heavy atom. The van der Waals surface area contributed by atoms with Crippen molar-refractivity contribution in [2.75, 3.05) is 7.11 Å². The van der Waals surface area contributed by atoms with Gasteiger partial charge in [0.2, 0.25) is 0 Å². The third-order valence-corrected chi connectivity index (χ3v) is 7.83. The number of methoxy groups -OCH3 is 1. The van der Waals surface area contributed by atoms with Crippen LogP contribution in [0.2, 0.25) is 0 Å². The van der Waals surface area contributed by atoms with Crippen LogP contribution in [0.3, 0.4) is 0 Å². The van der Waals surface area contributed by atoms with Gasteiger partial charge in [-0.25, -0.2) is 4.79 Å². The van der Waals surface area contributed by atoms with Crippen LogP contribution in [-0.2, 0) is 14.3 Å². The third kappa shape index (κ3) is 2.64. The van der Waals surface area contributed by atoms with E-state index in [1.807, 2.05) is 6.08 Å². The maximum atomic E-state index is 12.0. The minimum absolute atomic E-state index is 0.211. The SMILES string of the molecule is COC(=O)O[C@@]1(CC#N)CCC2C3CCC4=CC(=O)CCC4=C3CC[C@@]21C. The van der Waals surface area contributed by atoms with Crippen LogP contribution in [0.5, 0.6) is 0 Å². The molecule has 0 N–H and O–H groups in total. The summed E-state index contributed by atoms with van der Waals surface area (Å²) in [7, 11) is 1.32. The fourth-order valence-electron chi connectivity index (χ4n) is 6.45. The van der Waals surface area contributed by atoms with E-state index in [0.29, 0.717) is 18.3 Å². The second-order valence-corrected chi connectivity index (χ2v) is 8.73. The molecule has 144 valence electrons. The van der Waals surface area contributed by atoms with Gasteiger partial charge >= 0.3 is 6.16 Å². The Labute approximate surface area is 160 Å². The van der Waals surface area contributed by atoms with Crippen molar-refractivity contribution in [1.29, 1.82) is 5.26 Å². The third-order valence-electron chi connectivity index (χ3n) is 7.83. The molecule has 0 amide bonds. The van der Waals surface area contributed by atoms with Gasteiger partial charge in [-0.2, -0.15) is 5.26 Å². The summed E-state index contributed by atoms with van der Waals surface area (Å²) in [6.07, 6.45) is 8.48. The lowest BCUT2D eigenvalue weighted by atomic mass is 9.54. The van der Waals surface area contributed by atoms with E-state index < -0.39 is 11.8 Å². The molecule has 0 aliphatic heterocycles. The van der Waals surface area contributed by atoms with Crippen LogP contribution in [0.15, 0.2) is 22.8 Å². The van der Waals surface area contributed by atoms with Crippen LogP contribution in [0.4, 0.5) is 4.79 Å². The largest absolute Gasteiger partial charge is 0.508 e. The van der Waals surface area contributed by atoms with Crippen molar-refractivity contribution in [2.45, 2.75) is 70.3 Å². The average Bonchev–Trinajstić information content (AvgIpc) is 2.94. The number of nitrogens with zero attached hydrogens (tertiary/aromatic N) is 1. The van der Waals surface area contributed by atoms with E-state index in [4.69, 9.17) is 9.47 Å². The van der Waals surface area contributed by atoms with Gasteiger partial charge in [0.1, 0.15) is 5.60 Å². The number of hydrogen-bond acceptors (Lipinski definition) is 5. The fraction of sp³-hybridized carbons (Fsp3) is 0.682. The zero-order valence-electron chi connectivity index (χ0n) is 16.2. The molecule has 0 aromatic rings. The molecular weight excluding hydrogens is 342 g/mol. The van der Waals surface area contributed by atoms with Gasteiger partial charge < -0.3 is 9.47 Å². The number of hydrogen-bond donors (Lipinski definition) is 0. The molecule has 4 rings (SSSR count). The first-order valence-corrected chi connectivity index (χ1v) is 10.0. The zero-order valence-corrected chi connectivity index (χ0v) is 16.2. The van der Waals surface area contributed by atoms with E-state index in [9.17, 15) is 14.9 Å². The maximum Gasteiger partial charge on any atom is 0.508 e. The maximum absolute atomic E-state index is 12.0. The highest BCUT2D eigenvalue weighted by atomic mass is 16.7. The first kappa shape index (κ1) is 18.3. The molecule has 2 unspecified atom stereocenters. The summed E-state index contributed by atoms with van der Waals surface area (Å²) in [5, 5.41) is 9.46. The highest BCUT2D eigenvalue weighted by Gasteiger charge is 2.63. The molecule has 0 spiro atoms. The molecule has 27 heavy (non-hydrogen) atoms. The Morgan fingerprint density at radius 3 is 2.81 bits per heavy atom. The van der Waals surface area contributed by atoms with Gasteiger partial charge in [-0.05, 0) is 74.0 Å². The lowest BCUT2D eigenvalue weighted by molar-refractivity contribution is -0.114. The predicted octanol–water partition coefficient (Wildman–Crippen LogP) is 4.63. The predicted molar refractivity (Wildman–Crippen MR) is 98.6 cm³/mol. The summed E-state index contributed by atoms with van der Waals surface area (Å²) < 4.78 is 10.6. The summed E-state index contributed by atoms with van der Waals surface area (Å²) in [5.41, 5.74) is 3.26. The quantitative estimate of drug-likeness (QED) is 0.663. The Morgan fingerprint density at radius 2 is 2.07 bits per heavy atom. The molecule has 4 aliphatic rings. The Hall–Kier alpha value is -2.09. The molecule has 0 aromatic heterocycles. The van der Waals surface area contributed by atoms with Gasteiger partial charge in [-0.3, -0.25) is 4.79 Å². The van der Waals surface area contributed by atoms with Crippen LogP contribution >= 0.6 is 0 Å². The zero-order chi connectivity index (χ0) is 19.2. The van der Waals surface area contributed by atoms with Crippen molar-refractivity contribution in [2.24, 2.45) is 17.3 Å².